The minimum absolute atomic E-state index is 0.113. The maximum Gasteiger partial charge on any atom is 0.0981 e. The lowest BCUT2D eigenvalue weighted by Crippen LogP contribution is -2.50. The van der Waals surface area contributed by atoms with Gasteiger partial charge in [-0.05, 0) is 55.4 Å². The highest BCUT2D eigenvalue weighted by molar-refractivity contribution is 5.26. The van der Waals surface area contributed by atoms with Gasteiger partial charge in [0.05, 0.1) is 37.4 Å². The third kappa shape index (κ3) is 2.66. The molecule has 1 aromatic rings. The standard InChI is InChI=1S/C21H29NO3/c23-21(16-7-3-1-4-8-16,9-12-22(24)10-5-2-6-11-22)18-14-15-13-17(18)20-19(15)25-20/h1,3-4,7-8,15,17-20,23H,2,5-6,9-14H2/t15-,17+,18+,19?,20?,21+/m1/s1. The number of hydrogen-bond acceptors (Lipinski definition) is 3. The van der Waals surface area contributed by atoms with Gasteiger partial charge in [-0.25, -0.2) is 0 Å². The molecule has 2 unspecified atom stereocenters. The van der Waals surface area contributed by atoms with Crippen LogP contribution in [0, 0.1) is 23.0 Å². The summed E-state index contributed by atoms with van der Waals surface area (Å²) in [6.07, 6.45) is 6.91. The molecule has 136 valence electrons. The van der Waals surface area contributed by atoms with E-state index in [2.05, 4.69) is 0 Å². The second-order valence-corrected chi connectivity index (χ2v) is 8.90. The lowest BCUT2D eigenvalue weighted by atomic mass is 9.71. The molecular formula is C21H29NO3. The first-order valence-corrected chi connectivity index (χ1v) is 10.1. The average Bonchev–Trinajstić information content (AvgIpc) is 3.24. The van der Waals surface area contributed by atoms with E-state index in [0.29, 0.717) is 37.0 Å². The van der Waals surface area contributed by atoms with Crippen LogP contribution >= 0.6 is 0 Å². The molecule has 2 saturated carbocycles. The largest absolute Gasteiger partial charge is 0.633 e. The van der Waals surface area contributed by atoms with Gasteiger partial charge in [-0.2, -0.15) is 0 Å². The van der Waals surface area contributed by atoms with Crippen molar-refractivity contribution < 1.29 is 14.5 Å². The Kier molecular flexibility index (Phi) is 3.76. The maximum absolute atomic E-state index is 13.0. The summed E-state index contributed by atoms with van der Waals surface area (Å²) in [4.78, 5) is 0. The van der Waals surface area contributed by atoms with Crippen molar-refractivity contribution in [2.24, 2.45) is 17.8 Å². The second-order valence-electron chi connectivity index (χ2n) is 8.90. The third-order valence-corrected chi connectivity index (χ3v) is 7.52. The highest BCUT2D eigenvalue weighted by atomic mass is 16.6. The van der Waals surface area contributed by atoms with E-state index in [1.807, 2.05) is 30.3 Å². The molecule has 6 atom stereocenters. The molecule has 5 rings (SSSR count). The molecule has 4 heteroatoms. The number of epoxide rings is 1. The number of ether oxygens (including phenoxy) is 1. The fourth-order valence-electron chi connectivity index (χ4n) is 6.11. The Labute approximate surface area is 150 Å². The van der Waals surface area contributed by atoms with Crippen molar-refractivity contribution >= 4 is 0 Å². The first-order chi connectivity index (χ1) is 12.1. The van der Waals surface area contributed by atoms with Crippen LogP contribution in [0.1, 0.15) is 44.1 Å². The van der Waals surface area contributed by atoms with Crippen LogP contribution in [-0.2, 0) is 10.3 Å². The van der Waals surface area contributed by atoms with Crippen molar-refractivity contribution in [3.05, 3.63) is 41.1 Å². The van der Waals surface area contributed by atoms with E-state index in [9.17, 15) is 10.3 Å². The lowest BCUT2D eigenvalue weighted by molar-refractivity contribution is -0.886. The molecule has 2 heterocycles. The Morgan fingerprint density at radius 2 is 1.84 bits per heavy atom. The zero-order valence-corrected chi connectivity index (χ0v) is 14.8. The lowest BCUT2D eigenvalue weighted by Gasteiger charge is -2.48. The molecule has 4 fully saturated rings. The summed E-state index contributed by atoms with van der Waals surface area (Å²) in [5.74, 6) is 1.34. The van der Waals surface area contributed by atoms with E-state index >= 15 is 0 Å². The van der Waals surface area contributed by atoms with Gasteiger partial charge in [0.1, 0.15) is 0 Å². The van der Waals surface area contributed by atoms with E-state index in [1.54, 1.807) is 0 Å². The molecule has 0 radical (unpaired) electrons. The second kappa shape index (κ2) is 5.78. The van der Waals surface area contributed by atoms with Crippen LogP contribution in [0.4, 0.5) is 0 Å². The molecule has 1 N–H and O–H groups in total. The summed E-state index contributed by atoms with van der Waals surface area (Å²) in [5.41, 5.74) is 0.110. The number of likely N-dealkylation sites (tertiary alicyclic amines) is 1. The molecule has 2 saturated heterocycles. The predicted molar refractivity (Wildman–Crippen MR) is 95.4 cm³/mol. The number of hydrogen-bond donors (Lipinski definition) is 1. The van der Waals surface area contributed by atoms with Crippen molar-refractivity contribution in [1.29, 1.82) is 0 Å². The summed E-state index contributed by atoms with van der Waals surface area (Å²) >= 11 is 0. The zero-order chi connectivity index (χ0) is 17.1. The van der Waals surface area contributed by atoms with E-state index in [4.69, 9.17) is 4.74 Å². The van der Waals surface area contributed by atoms with E-state index < -0.39 is 5.60 Å². The van der Waals surface area contributed by atoms with Crippen molar-refractivity contribution in [3.63, 3.8) is 0 Å². The molecule has 2 bridgehead atoms. The van der Waals surface area contributed by atoms with Crippen LogP contribution in [0.5, 0.6) is 0 Å². The van der Waals surface area contributed by atoms with Crippen LogP contribution in [0.2, 0.25) is 0 Å². The first-order valence-electron chi connectivity index (χ1n) is 10.1. The maximum atomic E-state index is 13.0. The fourth-order valence-corrected chi connectivity index (χ4v) is 6.11. The Hall–Kier alpha value is -0.940. The number of fused-ring (bicyclic) bond motifs is 5. The van der Waals surface area contributed by atoms with Gasteiger partial charge in [-0.3, -0.25) is 0 Å². The third-order valence-electron chi connectivity index (χ3n) is 7.52. The monoisotopic (exact) mass is 343 g/mol. The van der Waals surface area contributed by atoms with Crippen LogP contribution in [0.15, 0.2) is 30.3 Å². The summed E-state index contributed by atoms with van der Waals surface area (Å²) in [6.45, 7) is 1.97. The molecule has 0 aromatic heterocycles. The summed E-state index contributed by atoms with van der Waals surface area (Å²) < 4.78 is 5.73. The van der Waals surface area contributed by atoms with Gasteiger partial charge in [-0.15, -0.1) is 0 Å². The number of quaternary nitrogens is 1. The molecule has 0 amide bonds. The smallest absolute Gasteiger partial charge is 0.0981 e. The summed E-state index contributed by atoms with van der Waals surface area (Å²) in [5, 5.41) is 24.9. The Balaban J connectivity index is 1.41. The molecule has 25 heavy (non-hydrogen) atoms. The van der Waals surface area contributed by atoms with Crippen LogP contribution in [0.25, 0.3) is 0 Å². The Morgan fingerprint density at radius 3 is 2.52 bits per heavy atom. The van der Waals surface area contributed by atoms with Crippen molar-refractivity contribution in [2.75, 3.05) is 19.6 Å². The van der Waals surface area contributed by atoms with Gasteiger partial charge in [-0.1, -0.05) is 30.3 Å². The van der Waals surface area contributed by atoms with Gasteiger partial charge in [0.25, 0.3) is 0 Å². The topological polar surface area (TPSA) is 55.8 Å². The first kappa shape index (κ1) is 16.2. The number of benzene rings is 1. The number of rotatable bonds is 5. The zero-order valence-electron chi connectivity index (χ0n) is 14.8. The van der Waals surface area contributed by atoms with Gasteiger partial charge < -0.3 is 19.7 Å². The van der Waals surface area contributed by atoms with Gasteiger partial charge in [0.2, 0.25) is 0 Å². The van der Waals surface area contributed by atoms with Gasteiger partial charge in [0, 0.05) is 6.42 Å². The van der Waals surface area contributed by atoms with Crippen molar-refractivity contribution in [1.82, 2.24) is 0 Å². The fraction of sp³-hybridized carbons (Fsp3) is 0.714. The average molecular weight is 343 g/mol. The highest BCUT2D eigenvalue weighted by Crippen LogP contribution is 2.63. The quantitative estimate of drug-likeness (QED) is 0.507. The molecule has 4 aliphatic rings. The molecule has 0 spiro atoms. The molecule has 2 aliphatic heterocycles. The van der Waals surface area contributed by atoms with Gasteiger partial charge in [0.15, 0.2) is 0 Å². The van der Waals surface area contributed by atoms with E-state index in [-0.39, 0.29) is 10.6 Å². The number of piperidine rings is 1. The Morgan fingerprint density at radius 1 is 1.08 bits per heavy atom. The minimum atomic E-state index is -0.884. The molecule has 4 nitrogen and oxygen atoms in total. The van der Waals surface area contributed by atoms with Crippen LogP contribution < -0.4 is 0 Å². The van der Waals surface area contributed by atoms with Crippen LogP contribution in [0.3, 0.4) is 0 Å². The van der Waals surface area contributed by atoms with Crippen LogP contribution in [-0.4, -0.2) is 41.6 Å². The van der Waals surface area contributed by atoms with Crippen molar-refractivity contribution in [2.45, 2.75) is 56.3 Å². The molecule has 2 aliphatic carbocycles. The van der Waals surface area contributed by atoms with Crippen molar-refractivity contribution in [3.8, 4) is 0 Å². The number of aliphatic hydroxyl groups is 1. The number of nitrogens with zero attached hydrogens (tertiary/aromatic N) is 1. The number of hydroxylamine groups is 3. The normalized spacial score (nSPS) is 40.5. The Bertz CT molecular complexity index is 629. The van der Waals surface area contributed by atoms with E-state index in [0.717, 1.165) is 37.9 Å². The van der Waals surface area contributed by atoms with E-state index in [1.165, 1.54) is 12.8 Å². The van der Waals surface area contributed by atoms with Gasteiger partial charge >= 0.3 is 0 Å². The minimum Gasteiger partial charge on any atom is -0.633 e. The summed E-state index contributed by atoms with van der Waals surface area (Å²) in [6, 6.07) is 10.1. The SMILES string of the molecule is [O-][N+]1(CC[C@](O)(c2ccccc2)[C@H]2C[C@H]3C[C@@H]2C2OC23)CCCCC1. The molecule has 1 aromatic carbocycles. The molecular weight excluding hydrogens is 314 g/mol. The predicted octanol–water partition coefficient (Wildman–Crippen LogP) is 3.19. The highest BCUT2D eigenvalue weighted by Gasteiger charge is 2.66. The summed E-state index contributed by atoms with van der Waals surface area (Å²) in [7, 11) is 0.